The van der Waals surface area contributed by atoms with E-state index < -0.39 is 11.2 Å². The normalized spacial score (nSPS) is 11.9. The van der Waals surface area contributed by atoms with Crippen LogP contribution in [0.15, 0.2) is 27.8 Å². The Hall–Kier alpha value is -2.04. The van der Waals surface area contributed by atoms with Gasteiger partial charge in [-0.2, -0.15) is 0 Å². The highest BCUT2D eigenvalue weighted by Crippen LogP contribution is 2.19. The third-order valence-electron chi connectivity index (χ3n) is 2.62. The average molecular weight is 248 g/mol. The number of aromatic nitrogens is 2. The van der Waals surface area contributed by atoms with Crippen molar-refractivity contribution in [3.8, 4) is 5.75 Å². The van der Waals surface area contributed by atoms with Gasteiger partial charge in [0.1, 0.15) is 11.1 Å². The van der Waals surface area contributed by atoms with Crippen LogP contribution in [0, 0.1) is 5.41 Å². The van der Waals surface area contributed by atoms with Crippen LogP contribution in [0.4, 0.5) is 0 Å². The first kappa shape index (κ1) is 12.4. The van der Waals surface area contributed by atoms with Crippen molar-refractivity contribution in [1.29, 1.82) is 0 Å². The summed E-state index contributed by atoms with van der Waals surface area (Å²) in [6, 6.07) is 4.61. The molecule has 0 atom stereocenters. The molecule has 0 saturated heterocycles. The third kappa shape index (κ3) is 2.16. The highest BCUT2D eigenvalue weighted by atomic mass is 16.3. The van der Waals surface area contributed by atoms with E-state index in [0.717, 1.165) is 4.57 Å². The Morgan fingerprint density at radius 2 is 1.94 bits per heavy atom. The van der Waals surface area contributed by atoms with Crippen molar-refractivity contribution in [2.24, 2.45) is 5.41 Å². The third-order valence-corrected chi connectivity index (χ3v) is 2.62. The van der Waals surface area contributed by atoms with Gasteiger partial charge in [-0.25, -0.2) is 4.79 Å². The number of nitrogens with zero attached hydrogens (tertiary/aromatic N) is 1. The van der Waals surface area contributed by atoms with Crippen LogP contribution >= 0.6 is 0 Å². The van der Waals surface area contributed by atoms with Crippen LogP contribution < -0.4 is 11.2 Å². The Bertz CT molecular complexity index is 705. The molecule has 1 aromatic carbocycles. The SMILES string of the molecule is CC(C)(C)Cn1c(=O)[nH]c2cccc(O)c2c1=O. The first-order valence-corrected chi connectivity index (χ1v) is 5.74. The summed E-state index contributed by atoms with van der Waals surface area (Å²) < 4.78 is 1.13. The number of phenols is 1. The lowest BCUT2D eigenvalue weighted by Crippen LogP contribution is -2.38. The molecule has 18 heavy (non-hydrogen) atoms. The summed E-state index contributed by atoms with van der Waals surface area (Å²) in [7, 11) is 0. The van der Waals surface area contributed by atoms with E-state index in [9.17, 15) is 14.7 Å². The van der Waals surface area contributed by atoms with E-state index in [1.54, 1.807) is 12.1 Å². The lowest BCUT2D eigenvalue weighted by molar-refractivity contribution is 0.331. The van der Waals surface area contributed by atoms with E-state index in [-0.39, 0.29) is 16.6 Å². The van der Waals surface area contributed by atoms with Gasteiger partial charge in [-0.15, -0.1) is 0 Å². The fourth-order valence-electron chi connectivity index (χ4n) is 1.90. The Labute approximate surface area is 104 Å². The van der Waals surface area contributed by atoms with Gasteiger partial charge in [0.2, 0.25) is 0 Å². The molecule has 0 amide bonds. The molecule has 2 aromatic rings. The van der Waals surface area contributed by atoms with Crippen molar-refractivity contribution in [2.75, 3.05) is 0 Å². The lowest BCUT2D eigenvalue weighted by Gasteiger charge is -2.19. The summed E-state index contributed by atoms with van der Waals surface area (Å²) in [4.78, 5) is 26.7. The first-order valence-electron chi connectivity index (χ1n) is 5.74. The quantitative estimate of drug-likeness (QED) is 0.801. The minimum atomic E-state index is -0.457. The highest BCUT2D eigenvalue weighted by Gasteiger charge is 2.17. The Kier molecular flexibility index (Phi) is 2.77. The molecule has 0 aliphatic heterocycles. The minimum absolute atomic E-state index is 0.114. The molecule has 5 nitrogen and oxygen atoms in total. The zero-order chi connectivity index (χ0) is 13.5. The molecular formula is C13H16N2O3. The van der Waals surface area contributed by atoms with Gasteiger partial charge in [-0.05, 0) is 17.5 Å². The van der Waals surface area contributed by atoms with Crippen LogP contribution in [-0.2, 0) is 6.54 Å². The van der Waals surface area contributed by atoms with E-state index in [1.807, 2.05) is 20.8 Å². The summed E-state index contributed by atoms with van der Waals surface area (Å²) in [5.41, 5.74) is -0.750. The summed E-state index contributed by atoms with van der Waals surface area (Å²) in [5, 5.41) is 9.88. The van der Waals surface area contributed by atoms with Gasteiger partial charge < -0.3 is 10.1 Å². The molecule has 5 heteroatoms. The Balaban J connectivity index is 2.81. The van der Waals surface area contributed by atoms with Crippen molar-refractivity contribution >= 4 is 10.9 Å². The molecule has 0 aliphatic carbocycles. The second kappa shape index (κ2) is 4.01. The number of nitrogens with one attached hydrogen (secondary N) is 1. The molecular weight excluding hydrogens is 232 g/mol. The smallest absolute Gasteiger partial charge is 0.328 e. The maximum atomic E-state index is 12.2. The number of hydrogen-bond donors (Lipinski definition) is 2. The fraction of sp³-hybridized carbons (Fsp3) is 0.385. The number of fused-ring (bicyclic) bond motifs is 1. The lowest BCUT2D eigenvalue weighted by atomic mass is 9.97. The molecule has 2 rings (SSSR count). The van der Waals surface area contributed by atoms with Crippen LogP contribution in [0.5, 0.6) is 5.75 Å². The maximum absolute atomic E-state index is 12.2. The van der Waals surface area contributed by atoms with E-state index in [1.165, 1.54) is 6.07 Å². The van der Waals surface area contributed by atoms with E-state index in [2.05, 4.69) is 4.98 Å². The number of rotatable bonds is 1. The van der Waals surface area contributed by atoms with Gasteiger partial charge in [-0.3, -0.25) is 9.36 Å². The predicted molar refractivity (Wildman–Crippen MR) is 69.9 cm³/mol. The summed E-state index contributed by atoms with van der Waals surface area (Å²) in [6.45, 7) is 6.11. The molecule has 0 bridgehead atoms. The van der Waals surface area contributed by atoms with Crippen LogP contribution in [0.25, 0.3) is 10.9 Å². The molecule has 2 N–H and O–H groups in total. The number of benzene rings is 1. The molecule has 0 spiro atoms. The van der Waals surface area contributed by atoms with Crippen LogP contribution in [0.1, 0.15) is 20.8 Å². The Morgan fingerprint density at radius 3 is 2.56 bits per heavy atom. The van der Waals surface area contributed by atoms with E-state index in [4.69, 9.17) is 0 Å². The minimum Gasteiger partial charge on any atom is -0.507 e. The van der Waals surface area contributed by atoms with Crippen LogP contribution in [-0.4, -0.2) is 14.7 Å². The molecule has 0 radical (unpaired) electrons. The topological polar surface area (TPSA) is 75.1 Å². The predicted octanol–water partition coefficient (Wildman–Crippen LogP) is 1.44. The van der Waals surface area contributed by atoms with Crippen molar-refractivity contribution in [1.82, 2.24) is 9.55 Å². The zero-order valence-corrected chi connectivity index (χ0v) is 10.7. The largest absolute Gasteiger partial charge is 0.507 e. The number of hydrogen-bond acceptors (Lipinski definition) is 3. The zero-order valence-electron chi connectivity index (χ0n) is 10.7. The maximum Gasteiger partial charge on any atom is 0.328 e. The van der Waals surface area contributed by atoms with Crippen molar-refractivity contribution in [3.05, 3.63) is 39.0 Å². The van der Waals surface area contributed by atoms with Crippen molar-refractivity contribution in [2.45, 2.75) is 27.3 Å². The molecule has 0 fully saturated rings. The molecule has 0 unspecified atom stereocenters. The monoisotopic (exact) mass is 248 g/mol. The van der Waals surface area contributed by atoms with Gasteiger partial charge in [0.25, 0.3) is 5.56 Å². The summed E-state index contributed by atoms with van der Waals surface area (Å²) >= 11 is 0. The fourth-order valence-corrected chi connectivity index (χ4v) is 1.90. The van der Waals surface area contributed by atoms with E-state index in [0.29, 0.717) is 12.1 Å². The van der Waals surface area contributed by atoms with Crippen LogP contribution in [0.2, 0.25) is 0 Å². The molecule has 0 saturated carbocycles. The number of aromatic hydroxyl groups is 1. The van der Waals surface area contributed by atoms with Crippen LogP contribution in [0.3, 0.4) is 0 Å². The standard InChI is InChI=1S/C13H16N2O3/c1-13(2,3)7-15-11(17)10-8(14-12(15)18)5-4-6-9(10)16/h4-6,16H,7H2,1-3H3,(H,14,18). The second-order valence-electron chi connectivity index (χ2n) is 5.58. The van der Waals surface area contributed by atoms with Crippen molar-refractivity contribution in [3.63, 3.8) is 0 Å². The molecule has 1 heterocycles. The number of aromatic amines is 1. The molecule has 1 aromatic heterocycles. The second-order valence-corrected chi connectivity index (χ2v) is 5.58. The van der Waals surface area contributed by atoms with Gasteiger partial charge >= 0.3 is 5.69 Å². The summed E-state index contributed by atoms with van der Waals surface area (Å²) in [6.07, 6.45) is 0. The van der Waals surface area contributed by atoms with Gasteiger partial charge in [0.15, 0.2) is 0 Å². The van der Waals surface area contributed by atoms with Gasteiger partial charge in [0, 0.05) is 6.54 Å². The van der Waals surface area contributed by atoms with Crippen molar-refractivity contribution < 1.29 is 5.11 Å². The average Bonchev–Trinajstić information content (AvgIpc) is 2.22. The number of H-pyrrole nitrogens is 1. The first-order chi connectivity index (χ1) is 8.29. The molecule has 0 aliphatic rings. The van der Waals surface area contributed by atoms with Gasteiger partial charge in [0.05, 0.1) is 5.52 Å². The number of phenolic OH excluding ortho intramolecular Hbond substituents is 1. The van der Waals surface area contributed by atoms with Gasteiger partial charge in [-0.1, -0.05) is 26.8 Å². The van der Waals surface area contributed by atoms with E-state index >= 15 is 0 Å². The Morgan fingerprint density at radius 1 is 1.28 bits per heavy atom. The molecule has 96 valence electrons. The summed E-state index contributed by atoms with van der Waals surface area (Å²) in [5.74, 6) is -0.114. The highest BCUT2D eigenvalue weighted by molar-refractivity contribution is 5.83.